The van der Waals surface area contributed by atoms with Crippen LogP contribution >= 0.6 is 0 Å². The smallest absolute Gasteiger partial charge is 0.280 e. The van der Waals surface area contributed by atoms with Gasteiger partial charge >= 0.3 is 0 Å². The van der Waals surface area contributed by atoms with E-state index in [0.29, 0.717) is 18.7 Å². The Labute approximate surface area is 128 Å². The summed E-state index contributed by atoms with van der Waals surface area (Å²) in [6, 6.07) is -0.723. The predicted octanol–water partition coefficient (Wildman–Crippen LogP) is 0.213. The molecule has 1 fully saturated rings. The fourth-order valence-corrected chi connectivity index (χ4v) is 3.92. The van der Waals surface area contributed by atoms with Crippen LogP contribution in [0, 0.1) is 0 Å². The molecule has 0 aromatic carbocycles. The van der Waals surface area contributed by atoms with Crippen molar-refractivity contribution in [2.45, 2.75) is 25.3 Å². The maximum atomic E-state index is 12.6. The lowest BCUT2D eigenvalue weighted by molar-refractivity contribution is 0.339. The van der Waals surface area contributed by atoms with E-state index in [0.717, 1.165) is 19.3 Å². The van der Waals surface area contributed by atoms with Crippen molar-refractivity contribution < 1.29 is 12.9 Å². The first-order valence-corrected chi connectivity index (χ1v) is 8.52. The van der Waals surface area contributed by atoms with Crippen LogP contribution in [-0.4, -0.2) is 45.7 Å². The van der Waals surface area contributed by atoms with Gasteiger partial charge in [-0.25, -0.2) is 0 Å². The fourth-order valence-electron chi connectivity index (χ4n) is 2.49. The summed E-state index contributed by atoms with van der Waals surface area (Å²) in [5.74, 6) is 0.258. The van der Waals surface area contributed by atoms with Crippen LogP contribution in [0.1, 0.15) is 36.7 Å². The summed E-state index contributed by atoms with van der Waals surface area (Å²) in [6.07, 6.45) is 7.29. The monoisotopic (exact) mass is 326 g/mol. The molecule has 0 saturated carbocycles. The van der Waals surface area contributed by atoms with E-state index < -0.39 is 16.3 Å². The van der Waals surface area contributed by atoms with E-state index in [1.807, 2.05) is 0 Å². The van der Waals surface area contributed by atoms with E-state index >= 15 is 0 Å². The van der Waals surface area contributed by atoms with Gasteiger partial charge in [0.25, 0.3) is 10.2 Å². The molecule has 9 nitrogen and oxygen atoms in total. The Hall–Kier alpha value is -1.78. The second-order valence-corrected chi connectivity index (χ2v) is 6.95. The third kappa shape index (κ3) is 3.18. The Balaban J connectivity index is 1.87. The number of rotatable bonds is 5. The average molecular weight is 326 g/mol. The lowest BCUT2D eigenvalue weighted by atomic mass is 10.2. The number of aromatic nitrogens is 4. The van der Waals surface area contributed by atoms with Gasteiger partial charge in [0.15, 0.2) is 5.82 Å². The third-order valence-corrected chi connectivity index (χ3v) is 5.20. The summed E-state index contributed by atoms with van der Waals surface area (Å²) >= 11 is 0. The molecule has 0 aliphatic carbocycles. The molecule has 1 aliphatic rings. The summed E-state index contributed by atoms with van der Waals surface area (Å²) in [4.78, 5) is 3.97. The van der Waals surface area contributed by atoms with Crippen molar-refractivity contribution in [3.8, 4) is 0 Å². The largest absolute Gasteiger partial charge is 0.343 e. The maximum absolute atomic E-state index is 12.6. The van der Waals surface area contributed by atoms with E-state index in [9.17, 15) is 8.42 Å². The molecule has 0 amide bonds. The van der Waals surface area contributed by atoms with Crippen molar-refractivity contribution in [1.29, 1.82) is 0 Å². The van der Waals surface area contributed by atoms with Gasteiger partial charge in [-0.15, -0.1) is 0 Å². The number of aryl methyl sites for hydroxylation is 1. The van der Waals surface area contributed by atoms with Gasteiger partial charge in [-0.1, -0.05) is 11.6 Å². The summed E-state index contributed by atoms with van der Waals surface area (Å²) < 4.78 is 35.6. The normalized spacial score (nSPS) is 18.4. The molecule has 10 heteroatoms. The summed E-state index contributed by atoms with van der Waals surface area (Å²) in [7, 11) is -1.86. The molecule has 1 aliphatic heterocycles. The van der Waals surface area contributed by atoms with Crippen LogP contribution in [0.5, 0.6) is 0 Å². The second-order valence-electron chi connectivity index (χ2n) is 5.25. The lowest BCUT2D eigenvalue weighted by Gasteiger charge is -2.27. The highest BCUT2D eigenvalue weighted by Crippen LogP contribution is 2.21. The summed E-state index contributed by atoms with van der Waals surface area (Å²) in [5.41, 5.74) is 0.657. The standard InChI is InChI=1S/C12H18N6O3S/c1-17-8-10(7-14-17)11(12-13-9-21-15-12)16-22(19,20)18-5-3-2-4-6-18/h7-9,11,16H,2-6H2,1H3. The van der Waals surface area contributed by atoms with Crippen LogP contribution < -0.4 is 4.72 Å². The first kappa shape index (κ1) is 15.1. The third-order valence-electron chi connectivity index (χ3n) is 3.62. The molecule has 3 heterocycles. The van der Waals surface area contributed by atoms with E-state index in [2.05, 4.69) is 20.0 Å². The molecular weight excluding hydrogens is 308 g/mol. The molecule has 22 heavy (non-hydrogen) atoms. The Kier molecular flexibility index (Phi) is 4.23. The molecule has 2 aromatic heterocycles. The molecule has 1 N–H and O–H groups in total. The Morgan fingerprint density at radius 3 is 2.68 bits per heavy atom. The van der Waals surface area contributed by atoms with Crippen molar-refractivity contribution >= 4 is 10.2 Å². The molecular formula is C12H18N6O3S. The lowest BCUT2D eigenvalue weighted by Crippen LogP contribution is -2.45. The SMILES string of the molecule is Cn1cc(C(NS(=O)(=O)N2CCCCC2)c2ncon2)cn1. The molecule has 0 spiro atoms. The minimum atomic E-state index is -3.62. The van der Waals surface area contributed by atoms with Crippen LogP contribution in [0.3, 0.4) is 0 Å². The van der Waals surface area contributed by atoms with Gasteiger partial charge in [-0.2, -0.15) is 27.5 Å². The molecule has 2 aromatic rings. The number of nitrogens with one attached hydrogen (secondary N) is 1. The number of piperidine rings is 1. The minimum absolute atomic E-state index is 0.258. The predicted molar refractivity (Wildman–Crippen MR) is 76.8 cm³/mol. The Morgan fingerprint density at radius 1 is 1.32 bits per heavy atom. The fraction of sp³-hybridized carbons (Fsp3) is 0.583. The van der Waals surface area contributed by atoms with Crippen molar-refractivity contribution in [2.75, 3.05) is 13.1 Å². The van der Waals surface area contributed by atoms with Crippen LogP contribution in [0.15, 0.2) is 23.3 Å². The van der Waals surface area contributed by atoms with Gasteiger partial charge in [-0.3, -0.25) is 4.68 Å². The Morgan fingerprint density at radius 2 is 2.09 bits per heavy atom. The van der Waals surface area contributed by atoms with Crippen LogP contribution in [0.4, 0.5) is 0 Å². The van der Waals surface area contributed by atoms with E-state index in [-0.39, 0.29) is 5.82 Å². The molecule has 1 atom stereocenters. The van der Waals surface area contributed by atoms with Gasteiger partial charge in [0.2, 0.25) is 6.39 Å². The Bertz CT molecular complexity index is 705. The zero-order chi connectivity index (χ0) is 15.6. The van der Waals surface area contributed by atoms with Crippen molar-refractivity contribution in [3.05, 3.63) is 30.2 Å². The van der Waals surface area contributed by atoms with Crippen molar-refractivity contribution in [3.63, 3.8) is 0 Å². The van der Waals surface area contributed by atoms with E-state index in [1.165, 1.54) is 10.7 Å². The van der Waals surface area contributed by atoms with E-state index in [1.54, 1.807) is 24.1 Å². The first-order valence-electron chi connectivity index (χ1n) is 7.08. The van der Waals surface area contributed by atoms with Crippen LogP contribution in [0.2, 0.25) is 0 Å². The maximum Gasteiger partial charge on any atom is 0.280 e. The van der Waals surface area contributed by atoms with Gasteiger partial charge < -0.3 is 4.52 Å². The topological polar surface area (TPSA) is 106 Å². The van der Waals surface area contributed by atoms with E-state index in [4.69, 9.17) is 4.52 Å². The molecule has 120 valence electrons. The highest BCUT2D eigenvalue weighted by molar-refractivity contribution is 7.87. The van der Waals surface area contributed by atoms with Crippen LogP contribution in [-0.2, 0) is 17.3 Å². The van der Waals surface area contributed by atoms with Gasteiger partial charge in [0, 0.05) is 31.9 Å². The molecule has 1 unspecified atom stereocenters. The molecule has 3 rings (SSSR count). The highest BCUT2D eigenvalue weighted by Gasteiger charge is 2.30. The molecule has 1 saturated heterocycles. The minimum Gasteiger partial charge on any atom is -0.343 e. The highest BCUT2D eigenvalue weighted by atomic mass is 32.2. The number of nitrogens with zero attached hydrogens (tertiary/aromatic N) is 5. The zero-order valence-corrected chi connectivity index (χ0v) is 13.0. The van der Waals surface area contributed by atoms with Crippen molar-refractivity contribution in [2.24, 2.45) is 7.05 Å². The second kappa shape index (κ2) is 6.15. The quantitative estimate of drug-likeness (QED) is 0.842. The first-order chi connectivity index (χ1) is 10.6. The summed E-state index contributed by atoms with van der Waals surface area (Å²) in [5, 5.41) is 7.83. The molecule has 0 bridgehead atoms. The zero-order valence-electron chi connectivity index (χ0n) is 12.2. The van der Waals surface area contributed by atoms with Crippen molar-refractivity contribution in [1.82, 2.24) is 28.9 Å². The van der Waals surface area contributed by atoms with Gasteiger partial charge in [0.05, 0.1) is 6.20 Å². The van der Waals surface area contributed by atoms with Gasteiger partial charge in [0.1, 0.15) is 6.04 Å². The average Bonchev–Trinajstić information content (AvgIpc) is 3.17. The van der Waals surface area contributed by atoms with Crippen LogP contribution in [0.25, 0.3) is 0 Å². The summed E-state index contributed by atoms with van der Waals surface area (Å²) in [6.45, 7) is 1.06. The number of hydrogen-bond donors (Lipinski definition) is 1. The number of hydrogen-bond acceptors (Lipinski definition) is 6. The molecule has 0 radical (unpaired) electrons. The van der Waals surface area contributed by atoms with Gasteiger partial charge in [-0.05, 0) is 12.8 Å².